The predicted octanol–water partition coefficient (Wildman–Crippen LogP) is 0.512. The van der Waals surface area contributed by atoms with Gasteiger partial charge in [-0.3, -0.25) is 9.69 Å². The first kappa shape index (κ1) is 18.8. The lowest BCUT2D eigenvalue weighted by Crippen LogP contribution is -2.63. The van der Waals surface area contributed by atoms with Crippen molar-refractivity contribution in [1.82, 2.24) is 18.4 Å². The minimum Gasteiger partial charge on any atom is -0.339 e. The lowest BCUT2D eigenvalue weighted by atomic mass is 9.87. The Morgan fingerprint density at radius 2 is 1.80 bits per heavy atom. The molecule has 0 aliphatic carbocycles. The minimum absolute atomic E-state index is 0.143. The maximum atomic E-state index is 13.0. The van der Waals surface area contributed by atoms with Gasteiger partial charge in [-0.15, -0.1) is 6.58 Å². The molecule has 0 aromatic heterocycles. The van der Waals surface area contributed by atoms with Gasteiger partial charge in [0.2, 0.25) is 5.91 Å². The van der Waals surface area contributed by atoms with Crippen molar-refractivity contribution in [2.75, 3.05) is 52.9 Å². The van der Waals surface area contributed by atoms with Gasteiger partial charge in [-0.1, -0.05) is 6.08 Å². The fourth-order valence-electron chi connectivity index (χ4n) is 4.29. The highest BCUT2D eigenvalue weighted by Gasteiger charge is 2.46. The molecule has 3 aliphatic heterocycles. The monoisotopic (exact) mass is 370 g/mol. The van der Waals surface area contributed by atoms with E-state index in [0.717, 1.165) is 19.3 Å². The Kier molecular flexibility index (Phi) is 5.53. The Balaban J connectivity index is 1.78. The van der Waals surface area contributed by atoms with Gasteiger partial charge in [0.25, 0.3) is 10.2 Å². The van der Waals surface area contributed by atoms with Crippen LogP contribution in [0.2, 0.25) is 0 Å². The normalized spacial score (nSPS) is 30.8. The predicted molar refractivity (Wildman–Crippen MR) is 97.3 cm³/mol. The minimum atomic E-state index is -3.38. The second-order valence-corrected chi connectivity index (χ2v) is 9.40. The molecule has 0 N–H and O–H groups in total. The molecule has 1 amide bonds. The molecule has 0 aromatic carbocycles. The number of hydrogen-bond donors (Lipinski definition) is 0. The van der Waals surface area contributed by atoms with Crippen molar-refractivity contribution in [2.45, 2.75) is 37.6 Å². The van der Waals surface area contributed by atoms with Crippen molar-refractivity contribution in [1.29, 1.82) is 0 Å². The third-order valence-corrected chi connectivity index (χ3v) is 8.02. The topological polar surface area (TPSA) is 64.2 Å². The van der Waals surface area contributed by atoms with Crippen molar-refractivity contribution in [2.24, 2.45) is 0 Å². The summed E-state index contributed by atoms with van der Waals surface area (Å²) in [6.45, 7) is 7.94. The summed E-state index contributed by atoms with van der Waals surface area (Å²) < 4.78 is 29.2. The van der Waals surface area contributed by atoms with Crippen LogP contribution in [-0.4, -0.2) is 91.1 Å². The molecular weight excluding hydrogens is 340 g/mol. The van der Waals surface area contributed by atoms with E-state index in [4.69, 9.17) is 0 Å². The number of amides is 1. The van der Waals surface area contributed by atoms with Crippen molar-refractivity contribution in [3.05, 3.63) is 12.7 Å². The van der Waals surface area contributed by atoms with E-state index in [-0.39, 0.29) is 11.4 Å². The molecule has 3 saturated heterocycles. The highest BCUT2D eigenvalue weighted by Crippen LogP contribution is 2.34. The van der Waals surface area contributed by atoms with Gasteiger partial charge in [0, 0.05) is 57.8 Å². The summed E-state index contributed by atoms with van der Waals surface area (Å²) in [5.74, 6) is 0.143. The van der Waals surface area contributed by atoms with Crippen LogP contribution in [0.3, 0.4) is 0 Å². The van der Waals surface area contributed by atoms with Crippen molar-refractivity contribution in [3.63, 3.8) is 0 Å². The van der Waals surface area contributed by atoms with E-state index < -0.39 is 10.2 Å². The molecule has 7 nitrogen and oxygen atoms in total. The Morgan fingerprint density at radius 1 is 1.08 bits per heavy atom. The standard InChI is InChI=1S/C17H30N4O3S/c1-3-9-19-12-8-17(7-6-16(19)22)15-21(14-13-18(17)2)25(23,24)20-10-4-5-11-20/h3H,1,4-15H2,2H3. The van der Waals surface area contributed by atoms with Crippen molar-refractivity contribution in [3.8, 4) is 0 Å². The quantitative estimate of drug-likeness (QED) is 0.677. The van der Waals surface area contributed by atoms with E-state index in [1.54, 1.807) is 14.7 Å². The summed E-state index contributed by atoms with van der Waals surface area (Å²) in [5, 5.41) is 0. The van der Waals surface area contributed by atoms with Crippen LogP contribution < -0.4 is 0 Å². The molecule has 3 rings (SSSR count). The van der Waals surface area contributed by atoms with Crippen molar-refractivity contribution < 1.29 is 13.2 Å². The zero-order valence-electron chi connectivity index (χ0n) is 15.2. The Morgan fingerprint density at radius 3 is 2.48 bits per heavy atom. The summed E-state index contributed by atoms with van der Waals surface area (Å²) >= 11 is 0. The number of hydrogen-bond acceptors (Lipinski definition) is 4. The molecule has 1 spiro atoms. The summed E-state index contributed by atoms with van der Waals surface area (Å²) in [7, 11) is -1.32. The molecule has 3 fully saturated rings. The Hall–Kier alpha value is -0.960. The molecule has 3 aliphatic rings. The number of rotatable bonds is 4. The Labute approximate surface area is 151 Å². The second-order valence-electron chi connectivity index (χ2n) is 7.47. The van der Waals surface area contributed by atoms with E-state index in [1.807, 2.05) is 4.90 Å². The third kappa shape index (κ3) is 3.63. The summed E-state index contributed by atoms with van der Waals surface area (Å²) in [4.78, 5) is 16.5. The van der Waals surface area contributed by atoms with Gasteiger partial charge in [0.15, 0.2) is 0 Å². The van der Waals surface area contributed by atoms with Crippen LogP contribution in [0.1, 0.15) is 32.1 Å². The maximum absolute atomic E-state index is 13.0. The first-order chi connectivity index (χ1) is 11.9. The van der Waals surface area contributed by atoms with E-state index in [0.29, 0.717) is 58.7 Å². The van der Waals surface area contributed by atoms with Crippen LogP contribution in [-0.2, 0) is 15.0 Å². The van der Waals surface area contributed by atoms with Crippen LogP contribution in [0.25, 0.3) is 0 Å². The molecule has 1 atom stereocenters. The SMILES string of the molecule is C=CCN1CCC2(CCC1=O)CN(S(=O)(=O)N1CCCC1)CCN2C. The molecule has 0 bridgehead atoms. The molecule has 3 heterocycles. The average molecular weight is 371 g/mol. The summed E-state index contributed by atoms with van der Waals surface area (Å²) in [5.41, 5.74) is -0.253. The molecule has 1 unspecified atom stereocenters. The average Bonchev–Trinajstić information content (AvgIpc) is 3.09. The zero-order valence-corrected chi connectivity index (χ0v) is 16.0. The maximum Gasteiger partial charge on any atom is 0.282 e. The van der Waals surface area contributed by atoms with Crippen LogP contribution in [0.5, 0.6) is 0 Å². The smallest absolute Gasteiger partial charge is 0.282 e. The van der Waals surface area contributed by atoms with Gasteiger partial charge in [-0.2, -0.15) is 17.0 Å². The fourth-order valence-corrected chi connectivity index (χ4v) is 6.05. The number of nitrogens with zero attached hydrogens (tertiary/aromatic N) is 4. The number of likely N-dealkylation sites (N-methyl/N-ethyl adjacent to an activating group) is 1. The Bertz CT molecular complexity index is 617. The van der Waals surface area contributed by atoms with Crippen LogP contribution in [0.15, 0.2) is 12.7 Å². The molecule has 0 saturated carbocycles. The van der Waals surface area contributed by atoms with Gasteiger partial charge in [-0.05, 0) is 32.7 Å². The second kappa shape index (κ2) is 7.34. The molecule has 8 heteroatoms. The number of carbonyl (C=O) groups is 1. The highest BCUT2D eigenvalue weighted by molar-refractivity contribution is 7.86. The van der Waals surface area contributed by atoms with Gasteiger partial charge < -0.3 is 4.90 Å². The summed E-state index contributed by atoms with van der Waals surface area (Å²) in [6, 6.07) is 0. The molecule has 0 aromatic rings. The largest absolute Gasteiger partial charge is 0.339 e. The summed E-state index contributed by atoms with van der Waals surface area (Å²) in [6.07, 6.45) is 5.63. The number of likely N-dealkylation sites (tertiary alicyclic amines) is 1. The molecule has 25 heavy (non-hydrogen) atoms. The molecule has 0 radical (unpaired) electrons. The first-order valence-electron chi connectivity index (χ1n) is 9.24. The van der Waals surface area contributed by atoms with Crippen LogP contribution in [0, 0.1) is 0 Å². The number of carbonyl (C=O) groups excluding carboxylic acids is 1. The number of piperazine rings is 1. The van der Waals surface area contributed by atoms with E-state index in [9.17, 15) is 13.2 Å². The third-order valence-electron chi connectivity index (χ3n) is 6.04. The van der Waals surface area contributed by atoms with Crippen LogP contribution in [0.4, 0.5) is 0 Å². The molecular formula is C17H30N4O3S. The van der Waals surface area contributed by atoms with E-state index in [2.05, 4.69) is 18.5 Å². The van der Waals surface area contributed by atoms with Crippen LogP contribution >= 0.6 is 0 Å². The van der Waals surface area contributed by atoms with E-state index >= 15 is 0 Å². The molecule has 142 valence electrons. The lowest BCUT2D eigenvalue weighted by Gasteiger charge is -2.49. The first-order valence-corrected chi connectivity index (χ1v) is 10.6. The van der Waals surface area contributed by atoms with E-state index in [1.165, 1.54) is 0 Å². The van der Waals surface area contributed by atoms with Gasteiger partial charge in [0.1, 0.15) is 0 Å². The highest BCUT2D eigenvalue weighted by atomic mass is 32.2. The lowest BCUT2D eigenvalue weighted by molar-refractivity contribution is -0.130. The van der Waals surface area contributed by atoms with Crippen molar-refractivity contribution >= 4 is 16.1 Å². The zero-order chi connectivity index (χ0) is 18.1. The van der Waals surface area contributed by atoms with Gasteiger partial charge in [-0.25, -0.2) is 0 Å². The van der Waals surface area contributed by atoms with Gasteiger partial charge in [0.05, 0.1) is 0 Å². The fraction of sp³-hybridized carbons (Fsp3) is 0.824. The van der Waals surface area contributed by atoms with Gasteiger partial charge >= 0.3 is 0 Å².